The van der Waals surface area contributed by atoms with Gasteiger partial charge in [-0.1, -0.05) is 24.3 Å². The summed E-state index contributed by atoms with van der Waals surface area (Å²) in [6.07, 6.45) is 1.66. The van der Waals surface area contributed by atoms with Crippen LogP contribution in [-0.4, -0.2) is 86.4 Å². The number of methoxy groups -OCH3 is 1. The number of carbonyl (C=O) groups excluding carboxylic acids is 4. The molecule has 0 atom stereocenters. The zero-order valence-electron chi connectivity index (χ0n) is 29.5. The Morgan fingerprint density at radius 1 is 0.774 bits per heavy atom. The third-order valence-corrected chi connectivity index (χ3v) is 9.18. The number of para-hydroxylation sites is 2. The first kappa shape index (κ1) is 35.0. The Morgan fingerprint density at radius 2 is 1.49 bits per heavy atom. The number of rotatable bonds is 11. The SMILES string of the molecule is COc1cc2c(cc1OC(=O)N(C)c1ccccc1OC(=O)CCCN1C(=O)C=CC1=O)c(=O)n(CCN(C)C)c1c3cc4c(cc3ccc21)OCO4. The summed E-state index contributed by atoms with van der Waals surface area (Å²) in [5, 5.41) is 3.45. The first-order chi connectivity index (χ1) is 25.5. The van der Waals surface area contributed by atoms with Crippen molar-refractivity contribution in [1.82, 2.24) is 14.4 Å². The second-order valence-corrected chi connectivity index (χ2v) is 12.8. The molecule has 0 saturated heterocycles. The number of ether oxygens (including phenoxy) is 5. The summed E-state index contributed by atoms with van der Waals surface area (Å²) in [6, 6.07) is 17.3. The zero-order chi connectivity index (χ0) is 37.4. The number of pyridine rings is 1. The van der Waals surface area contributed by atoms with E-state index in [1.807, 2.05) is 43.3 Å². The molecule has 272 valence electrons. The number of amides is 3. The van der Waals surface area contributed by atoms with Gasteiger partial charge in [0.15, 0.2) is 28.7 Å². The zero-order valence-corrected chi connectivity index (χ0v) is 29.5. The van der Waals surface area contributed by atoms with Crippen molar-refractivity contribution in [3.8, 4) is 28.7 Å². The molecule has 1 aromatic heterocycles. The minimum Gasteiger partial charge on any atom is -0.493 e. The number of aromatic nitrogens is 1. The van der Waals surface area contributed by atoms with Crippen LogP contribution in [0.2, 0.25) is 0 Å². The Hall–Kier alpha value is -6.41. The molecule has 3 amide bonds. The Morgan fingerprint density at radius 3 is 2.23 bits per heavy atom. The van der Waals surface area contributed by atoms with E-state index in [4.69, 9.17) is 23.7 Å². The highest BCUT2D eigenvalue weighted by molar-refractivity contribution is 6.16. The maximum absolute atomic E-state index is 14.4. The van der Waals surface area contributed by atoms with Crippen molar-refractivity contribution in [2.45, 2.75) is 19.4 Å². The maximum Gasteiger partial charge on any atom is 0.419 e. The fourth-order valence-corrected chi connectivity index (χ4v) is 6.45. The van der Waals surface area contributed by atoms with E-state index in [9.17, 15) is 24.0 Å². The van der Waals surface area contributed by atoms with E-state index >= 15 is 0 Å². The van der Waals surface area contributed by atoms with Crippen LogP contribution in [0.15, 0.2) is 77.6 Å². The molecule has 3 heterocycles. The predicted molar refractivity (Wildman–Crippen MR) is 196 cm³/mol. The average Bonchev–Trinajstić information content (AvgIpc) is 3.74. The van der Waals surface area contributed by atoms with E-state index in [-0.39, 0.29) is 54.7 Å². The van der Waals surface area contributed by atoms with Crippen LogP contribution in [0.4, 0.5) is 10.5 Å². The third-order valence-electron chi connectivity index (χ3n) is 9.18. The lowest BCUT2D eigenvalue weighted by molar-refractivity contribution is -0.139. The number of esters is 1. The molecule has 0 N–H and O–H groups in total. The van der Waals surface area contributed by atoms with Crippen LogP contribution in [0.25, 0.3) is 32.4 Å². The number of carbonyl (C=O) groups is 4. The number of likely N-dealkylation sites (N-methyl/N-ethyl adjacent to an activating group) is 1. The largest absolute Gasteiger partial charge is 0.493 e. The minimum atomic E-state index is -0.833. The van der Waals surface area contributed by atoms with Gasteiger partial charge in [0.1, 0.15) is 0 Å². The topological polar surface area (TPSA) is 146 Å². The summed E-state index contributed by atoms with van der Waals surface area (Å²) >= 11 is 0. The molecule has 14 nitrogen and oxygen atoms in total. The summed E-state index contributed by atoms with van der Waals surface area (Å²) in [7, 11) is 6.77. The lowest BCUT2D eigenvalue weighted by Gasteiger charge is -2.21. The van der Waals surface area contributed by atoms with Crippen molar-refractivity contribution < 1.29 is 42.9 Å². The van der Waals surface area contributed by atoms with Crippen LogP contribution in [0.3, 0.4) is 0 Å². The summed E-state index contributed by atoms with van der Waals surface area (Å²) in [5.74, 6) is 0.115. The molecule has 14 heteroatoms. The van der Waals surface area contributed by atoms with E-state index in [1.165, 1.54) is 43.3 Å². The second kappa shape index (κ2) is 14.3. The van der Waals surface area contributed by atoms with Crippen molar-refractivity contribution in [3.05, 3.63) is 83.2 Å². The number of hydrogen-bond donors (Lipinski definition) is 0. The van der Waals surface area contributed by atoms with Crippen molar-refractivity contribution >= 4 is 62.0 Å². The van der Waals surface area contributed by atoms with E-state index in [1.54, 1.807) is 28.8 Å². The van der Waals surface area contributed by atoms with Crippen LogP contribution in [0.5, 0.6) is 28.7 Å². The van der Waals surface area contributed by atoms with Crippen molar-refractivity contribution in [2.75, 3.05) is 53.0 Å². The number of anilines is 1. The highest BCUT2D eigenvalue weighted by Crippen LogP contribution is 2.41. The predicted octanol–water partition coefficient (Wildman–Crippen LogP) is 4.85. The average molecular weight is 721 g/mol. The molecule has 0 aliphatic carbocycles. The molecule has 7 rings (SSSR count). The lowest BCUT2D eigenvalue weighted by atomic mass is 10.00. The van der Waals surface area contributed by atoms with Gasteiger partial charge in [0.2, 0.25) is 6.79 Å². The highest BCUT2D eigenvalue weighted by atomic mass is 16.7. The first-order valence-corrected chi connectivity index (χ1v) is 16.9. The minimum absolute atomic E-state index is 0.0200. The molecule has 53 heavy (non-hydrogen) atoms. The fourth-order valence-electron chi connectivity index (χ4n) is 6.45. The van der Waals surface area contributed by atoms with Gasteiger partial charge in [-0.15, -0.1) is 0 Å². The van der Waals surface area contributed by atoms with Gasteiger partial charge >= 0.3 is 12.1 Å². The molecule has 0 unspecified atom stereocenters. The van der Waals surface area contributed by atoms with Crippen LogP contribution in [0.1, 0.15) is 12.8 Å². The molecule has 2 aliphatic heterocycles. The number of imide groups is 1. The monoisotopic (exact) mass is 720 g/mol. The Labute approximate surface area is 303 Å². The Bertz CT molecular complexity index is 2400. The summed E-state index contributed by atoms with van der Waals surface area (Å²) < 4.78 is 30.1. The molecule has 0 saturated carbocycles. The van der Waals surface area contributed by atoms with E-state index < -0.39 is 23.9 Å². The van der Waals surface area contributed by atoms with Crippen LogP contribution in [-0.2, 0) is 20.9 Å². The molecule has 4 aromatic carbocycles. The summed E-state index contributed by atoms with van der Waals surface area (Å²) in [5.41, 5.74) is 0.692. The summed E-state index contributed by atoms with van der Waals surface area (Å²) in [6.45, 7) is 1.16. The van der Waals surface area contributed by atoms with Crippen LogP contribution >= 0.6 is 0 Å². The number of fused-ring (bicyclic) bond motifs is 6. The van der Waals surface area contributed by atoms with E-state index in [0.717, 1.165) is 26.6 Å². The third kappa shape index (κ3) is 6.71. The van der Waals surface area contributed by atoms with Gasteiger partial charge in [0, 0.05) is 61.4 Å². The quantitative estimate of drug-likeness (QED) is 0.0799. The van der Waals surface area contributed by atoms with Gasteiger partial charge in [-0.2, -0.15) is 0 Å². The van der Waals surface area contributed by atoms with Gasteiger partial charge < -0.3 is 33.2 Å². The molecule has 0 radical (unpaired) electrons. The van der Waals surface area contributed by atoms with Crippen molar-refractivity contribution in [3.63, 3.8) is 0 Å². The molecular weight excluding hydrogens is 684 g/mol. The highest BCUT2D eigenvalue weighted by Gasteiger charge is 2.25. The Balaban J connectivity index is 1.18. The summed E-state index contributed by atoms with van der Waals surface area (Å²) in [4.78, 5) is 68.5. The fraction of sp³-hybridized carbons (Fsp3) is 0.256. The van der Waals surface area contributed by atoms with E-state index in [0.29, 0.717) is 35.4 Å². The number of hydrogen-bond acceptors (Lipinski definition) is 11. The molecule has 0 bridgehead atoms. The molecule has 2 aliphatic rings. The van der Waals surface area contributed by atoms with Gasteiger partial charge in [-0.05, 0) is 62.3 Å². The van der Waals surface area contributed by atoms with Crippen LogP contribution < -0.4 is 34.1 Å². The van der Waals surface area contributed by atoms with Gasteiger partial charge in [0.05, 0.1) is 23.7 Å². The van der Waals surface area contributed by atoms with Gasteiger partial charge in [-0.3, -0.25) is 29.0 Å². The molecule has 0 spiro atoms. The van der Waals surface area contributed by atoms with Crippen LogP contribution in [0, 0.1) is 0 Å². The normalized spacial score (nSPS) is 13.5. The second-order valence-electron chi connectivity index (χ2n) is 12.8. The Kier molecular flexibility index (Phi) is 9.45. The molecule has 0 fully saturated rings. The molecule has 5 aromatic rings. The number of benzene rings is 4. The lowest BCUT2D eigenvalue weighted by Crippen LogP contribution is -2.31. The van der Waals surface area contributed by atoms with Gasteiger partial charge in [0.25, 0.3) is 17.4 Å². The van der Waals surface area contributed by atoms with Gasteiger partial charge in [-0.25, -0.2) is 4.79 Å². The van der Waals surface area contributed by atoms with E-state index in [2.05, 4.69) is 0 Å². The standard InChI is InChI=1S/C39H36N4O10/c1-40(2)16-17-43-37-24(12-11-23-18-31-32(19-25(23)37)51-22-50-31)26-20-30(49-4)33(21-27(26)38(43)47)53-39(48)41(3)28-8-5-6-9-29(28)52-36(46)10-7-15-42-34(44)13-14-35(42)45/h5-6,8-9,11-14,18-21H,7,10,15-17,22H2,1-4H3. The molecular formula is C39H36N4O10. The number of nitrogens with zero attached hydrogens (tertiary/aromatic N) is 4. The first-order valence-electron chi connectivity index (χ1n) is 16.9. The van der Waals surface area contributed by atoms with Crippen molar-refractivity contribution in [2.24, 2.45) is 0 Å². The smallest absolute Gasteiger partial charge is 0.419 e. The maximum atomic E-state index is 14.4. The van der Waals surface area contributed by atoms with Crippen molar-refractivity contribution in [1.29, 1.82) is 0 Å².